The van der Waals surface area contributed by atoms with Gasteiger partial charge in [0.1, 0.15) is 0 Å². The van der Waals surface area contributed by atoms with E-state index in [0.29, 0.717) is 16.3 Å². The van der Waals surface area contributed by atoms with Crippen molar-refractivity contribution in [1.29, 1.82) is 0 Å². The summed E-state index contributed by atoms with van der Waals surface area (Å²) in [5, 5.41) is 0.388. The second-order valence-electron chi connectivity index (χ2n) is 5.74. The lowest BCUT2D eigenvalue weighted by Gasteiger charge is -2.11. The standard InChI is InChI=1S/C19H17ClN2O2S/c1-14-2-5-17(20)13-19(14)25(23,24)22-18-6-3-15(4-7-18)12-16-8-10-21-11-9-16/h2-11,13,22H,12H2,1H3. The van der Waals surface area contributed by atoms with Crippen LogP contribution in [0, 0.1) is 6.92 Å². The smallest absolute Gasteiger partial charge is 0.262 e. The van der Waals surface area contributed by atoms with Crippen molar-refractivity contribution in [3.05, 3.63) is 88.7 Å². The van der Waals surface area contributed by atoms with Crippen LogP contribution in [0.4, 0.5) is 5.69 Å². The molecule has 0 amide bonds. The number of halogens is 1. The van der Waals surface area contributed by atoms with Gasteiger partial charge in [0, 0.05) is 23.1 Å². The van der Waals surface area contributed by atoms with Crippen LogP contribution in [-0.4, -0.2) is 13.4 Å². The van der Waals surface area contributed by atoms with E-state index >= 15 is 0 Å². The number of sulfonamides is 1. The fourth-order valence-corrected chi connectivity index (χ4v) is 4.07. The molecular formula is C19H17ClN2O2S. The Morgan fingerprint density at radius 2 is 1.60 bits per heavy atom. The largest absolute Gasteiger partial charge is 0.280 e. The summed E-state index contributed by atoms with van der Waals surface area (Å²) in [6.07, 6.45) is 4.28. The highest BCUT2D eigenvalue weighted by Crippen LogP contribution is 2.23. The molecule has 0 bridgehead atoms. The van der Waals surface area contributed by atoms with Crippen LogP contribution in [0.2, 0.25) is 5.02 Å². The molecule has 1 aromatic heterocycles. The molecule has 0 aliphatic carbocycles. The highest BCUT2D eigenvalue weighted by molar-refractivity contribution is 7.92. The van der Waals surface area contributed by atoms with Crippen LogP contribution in [0.25, 0.3) is 0 Å². The SMILES string of the molecule is Cc1ccc(Cl)cc1S(=O)(=O)Nc1ccc(Cc2ccncc2)cc1. The third kappa shape index (κ3) is 4.38. The number of aryl methyl sites for hydroxylation is 1. The first-order valence-electron chi connectivity index (χ1n) is 7.71. The Morgan fingerprint density at radius 3 is 2.28 bits per heavy atom. The molecule has 0 aliphatic rings. The zero-order valence-electron chi connectivity index (χ0n) is 13.6. The van der Waals surface area contributed by atoms with Gasteiger partial charge in [0.25, 0.3) is 10.0 Å². The van der Waals surface area contributed by atoms with Gasteiger partial charge in [0.2, 0.25) is 0 Å². The molecule has 0 saturated heterocycles. The van der Waals surface area contributed by atoms with E-state index in [0.717, 1.165) is 17.5 Å². The van der Waals surface area contributed by atoms with E-state index in [1.165, 1.54) is 6.07 Å². The molecule has 1 N–H and O–H groups in total. The van der Waals surface area contributed by atoms with Gasteiger partial charge in [0.05, 0.1) is 4.90 Å². The molecule has 0 saturated carbocycles. The van der Waals surface area contributed by atoms with Crippen LogP contribution in [-0.2, 0) is 16.4 Å². The minimum absolute atomic E-state index is 0.181. The molecule has 2 aromatic carbocycles. The molecule has 0 atom stereocenters. The van der Waals surface area contributed by atoms with E-state index < -0.39 is 10.0 Å². The summed E-state index contributed by atoms with van der Waals surface area (Å²) in [5.74, 6) is 0. The second-order valence-corrected chi connectivity index (χ2v) is 7.83. The molecule has 1 heterocycles. The molecule has 0 fully saturated rings. The van der Waals surface area contributed by atoms with Crippen molar-refractivity contribution >= 4 is 27.3 Å². The minimum Gasteiger partial charge on any atom is -0.280 e. The average molecular weight is 373 g/mol. The summed E-state index contributed by atoms with van der Waals surface area (Å²) in [4.78, 5) is 4.18. The van der Waals surface area contributed by atoms with E-state index in [1.54, 1.807) is 43.6 Å². The Bertz CT molecular complexity index is 972. The zero-order chi connectivity index (χ0) is 17.9. The van der Waals surface area contributed by atoms with Crippen molar-refractivity contribution in [2.45, 2.75) is 18.2 Å². The van der Waals surface area contributed by atoms with Crippen LogP contribution in [0.3, 0.4) is 0 Å². The maximum atomic E-state index is 12.6. The zero-order valence-corrected chi connectivity index (χ0v) is 15.2. The van der Waals surface area contributed by atoms with Crippen LogP contribution >= 0.6 is 11.6 Å². The minimum atomic E-state index is -3.68. The maximum absolute atomic E-state index is 12.6. The molecule has 0 unspecified atom stereocenters. The van der Waals surface area contributed by atoms with E-state index in [-0.39, 0.29) is 4.90 Å². The number of benzene rings is 2. The second kappa shape index (κ2) is 7.25. The lowest BCUT2D eigenvalue weighted by molar-refractivity contribution is 0.600. The van der Waals surface area contributed by atoms with Gasteiger partial charge in [-0.25, -0.2) is 8.42 Å². The van der Waals surface area contributed by atoms with E-state index in [1.807, 2.05) is 24.3 Å². The summed E-state index contributed by atoms with van der Waals surface area (Å²) in [6.45, 7) is 1.74. The summed E-state index contributed by atoms with van der Waals surface area (Å²) >= 11 is 5.93. The van der Waals surface area contributed by atoms with Crippen molar-refractivity contribution < 1.29 is 8.42 Å². The topological polar surface area (TPSA) is 59.1 Å². The van der Waals surface area contributed by atoms with Gasteiger partial charge in [-0.2, -0.15) is 0 Å². The first kappa shape index (κ1) is 17.5. The van der Waals surface area contributed by atoms with Gasteiger partial charge in [-0.15, -0.1) is 0 Å². The molecule has 128 valence electrons. The molecule has 6 heteroatoms. The molecule has 0 radical (unpaired) electrons. The number of hydrogen-bond donors (Lipinski definition) is 1. The molecular weight excluding hydrogens is 356 g/mol. The van der Waals surface area contributed by atoms with Crippen molar-refractivity contribution in [3.8, 4) is 0 Å². The number of rotatable bonds is 5. The summed E-state index contributed by atoms with van der Waals surface area (Å²) in [7, 11) is -3.68. The molecule has 3 aromatic rings. The lowest BCUT2D eigenvalue weighted by atomic mass is 10.1. The maximum Gasteiger partial charge on any atom is 0.262 e. The monoisotopic (exact) mass is 372 g/mol. The quantitative estimate of drug-likeness (QED) is 0.720. The van der Waals surface area contributed by atoms with Crippen LogP contribution < -0.4 is 4.72 Å². The van der Waals surface area contributed by atoms with E-state index in [9.17, 15) is 8.42 Å². The van der Waals surface area contributed by atoms with Crippen molar-refractivity contribution in [1.82, 2.24) is 4.98 Å². The number of aromatic nitrogens is 1. The van der Waals surface area contributed by atoms with E-state index in [2.05, 4.69) is 9.71 Å². The predicted molar refractivity (Wildman–Crippen MR) is 100 cm³/mol. The predicted octanol–water partition coefficient (Wildman–Crippen LogP) is 4.44. The Balaban J connectivity index is 1.78. The fourth-order valence-electron chi connectivity index (χ4n) is 2.50. The molecule has 4 nitrogen and oxygen atoms in total. The first-order chi connectivity index (χ1) is 11.9. The van der Waals surface area contributed by atoms with Gasteiger partial charge in [-0.05, 0) is 66.4 Å². The summed E-state index contributed by atoms with van der Waals surface area (Å²) < 4.78 is 27.7. The first-order valence-corrected chi connectivity index (χ1v) is 9.57. The summed E-state index contributed by atoms with van der Waals surface area (Å²) in [5.41, 5.74) is 3.40. The van der Waals surface area contributed by atoms with Crippen LogP contribution in [0.5, 0.6) is 0 Å². The number of nitrogens with zero attached hydrogens (tertiary/aromatic N) is 1. The van der Waals surface area contributed by atoms with Crippen molar-refractivity contribution in [3.63, 3.8) is 0 Å². The Hall–Kier alpha value is -2.37. The van der Waals surface area contributed by atoms with Gasteiger partial charge in [0.15, 0.2) is 0 Å². The number of pyridine rings is 1. The molecule has 0 spiro atoms. The van der Waals surface area contributed by atoms with Gasteiger partial charge < -0.3 is 0 Å². The Morgan fingerprint density at radius 1 is 0.960 bits per heavy atom. The van der Waals surface area contributed by atoms with E-state index in [4.69, 9.17) is 11.6 Å². The van der Waals surface area contributed by atoms with Gasteiger partial charge in [-0.1, -0.05) is 29.8 Å². The molecule has 25 heavy (non-hydrogen) atoms. The van der Waals surface area contributed by atoms with Crippen LogP contribution in [0.1, 0.15) is 16.7 Å². The average Bonchev–Trinajstić information content (AvgIpc) is 2.59. The third-order valence-electron chi connectivity index (χ3n) is 3.80. The highest BCUT2D eigenvalue weighted by Gasteiger charge is 2.17. The third-order valence-corrected chi connectivity index (χ3v) is 5.56. The molecule has 0 aliphatic heterocycles. The number of nitrogens with one attached hydrogen (secondary N) is 1. The summed E-state index contributed by atoms with van der Waals surface area (Å²) in [6, 6.07) is 16.1. The van der Waals surface area contributed by atoms with Crippen molar-refractivity contribution in [2.75, 3.05) is 4.72 Å². The fraction of sp³-hybridized carbons (Fsp3) is 0.105. The Kier molecular flexibility index (Phi) is 5.06. The Labute approximate surface area is 152 Å². The number of hydrogen-bond acceptors (Lipinski definition) is 3. The highest BCUT2D eigenvalue weighted by atomic mass is 35.5. The van der Waals surface area contributed by atoms with Crippen molar-refractivity contribution in [2.24, 2.45) is 0 Å². The number of anilines is 1. The van der Waals surface area contributed by atoms with Crippen LogP contribution in [0.15, 0.2) is 71.9 Å². The molecule has 3 rings (SSSR count). The van der Waals surface area contributed by atoms with Gasteiger partial charge in [-0.3, -0.25) is 9.71 Å². The normalized spacial score (nSPS) is 11.3. The lowest BCUT2D eigenvalue weighted by Crippen LogP contribution is -2.14. The van der Waals surface area contributed by atoms with Gasteiger partial charge >= 0.3 is 0 Å².